The zero-order valence-corrected chi connectivity index (χ0v) is 19.0. The average molecular weight is 481 g/mol. The minimum Gasteiger partial charge on any atom is -0.346 e. The highest BCUT2D eigenvalue weighted by atomic mass is 32.2. The summed E-state index contributed by atoms with van der Waals surface area (Å²) in [5.41, 5.74) is 1.80. The van der Waals surface area contributed by atoms with Gasteiger partial charge in [-0.2, -0.15) is 17.5 Å². The van der Waals surface area contributed by atoms with Gasteiger partial charge in [0.05, 0.1) is 11.4 Å². The van der Waals surface area contributed by atoms with E-state index in [1.807, 2.05) is 24.5 Å². The Hall–Kier alpha value is -2.20. The van der Waals surface area contributed by atoms with Crippen molar-refractivity contribution in [2.75, 3.05) is 12.3 Å². The molecule has 1 atom stereocenters. The number of halogens is 3. The largest absolute Gasteiger partial charge is 0.405 e. The first kappa shape index (κ1) is 22.6. The third kappa shape index (κ3) is 4.35. The number of hydrogen-bond donors (Lipinski definition) is 1. The Morgan fingerprint density at radius 2 is 1.85 bits per heavy atom. The monoisotopic (exact) mass is 480 g/mol. The highest BCUT2D eigenvalue weighted by Gasteiger charge is 2.49. The maximum absolute atomic E-state index is 13.4. The van der Waals surface area contributed by atoms with Gasteiger partial charge in [0.1, 0.15) is 11.7 Å². The number of rotatable bonds is 4. The first-order valence-electron chi connectivity index (χ1n) is 11.5. The second-order valence-corrected chi connectivity index (χ2v) is 11.3. The molecule has 0 bridgehead atoms. The van der Waals surface area contributed by atoms with Gasteiger partial charge >= 0.3 is 6.18 Å². The molecular weight excluding hydrogens is 453 g/mol. The van der Waals surface area contributed by atoms with E-state index in [0.717, 1.165) is 44.6 Å². The summed E-state index contributed by atoms with van der Waals surface area (Å²) in [6, 6.07) is 2.04. The zero-order valence-electron chi connectivity index (χ0n) is 18.2. The maximum atomic E-state index is 13.4. The Bertz CT molecular complexity index is 1250. The average Bonchev–Trinajstić information content (AvgIpc) is 3.28. The topological polar surface area (TPSA) is 79.0 Å². The molecule has 0 amide bonds. The lowest BCUT2D eigenvalue weighted by Crippen LogP contribution is -2.52. The van der Waals surface area contributed by atoms with Crippen LogP contribution in [0.1, 0.15) is 56.6 Å². The van der Waals surface area contributed by atoms with Crippen LogP contribution in [0.5, 0.6) is 0 Å². The normalized spacial score (nSPS) is 25.6. The summed E-state index contributed by atoms with van der Waals surface area (Å²) < 4.78 is 66.9. The van der Waals surface area contributed by atoms with Crippen molar-refractivity contribution in [1.29, 1.82) is 0 Å². The molecule has 6 nitrogen and oxygen atoms in total. The number of hydrogen-bond acceptors (Lipinski definition) is 4. The van der Waals surface area contributed by atoms with Crippen LogP contribution >= 0.6 is 0 Å². The number of sulfonamides is 1. The lowest BCUT2D eigenvalue weighted by Gasteiger charge is -2.37. The molecular formula is C23H27F3N4O2S. The third-order valence-corrected chi connectivity index (χ3v) is 9.25. The predicted molar refractivity (Wildman–Crippen MR) is 120 cm³/mol. The molecule has 1 saturated carbocycles. The summed E-state index contributed by atoms with van der Waals surface area (Å²) in [4.78, 5) is 12.2. The lowest BCUT2D eigenvalue weighted by atomic mass is 9.80. The van der Waals surface area contributed by atoms with Crippen molar-refractivity contribution in [3.05, 3.63) is 36.4 Å². The van der Waals surface area contributed by atoms with Crippen molar-refractivity contribution >= 4 is 31.8 Å². The fourth-order valence-corrected chi connectivity index (χ4v) is 7.71. The molecule has 2 fully saturated rings. The Balaban J connectivity index is 1.31. The Morgan fingerprint density at radius 3 is 2.61 bits per heavy atom. The Kier molecular flexibility index (Phi) is 5.84. The molecule has 0 spiro atoms. The fourth-order valence-electron chi connectivity index (χ4n) is 5.57. The summed E-state index contributed by atoms with van der Waals surface area (Å²) in [6.07, 6.45) is 4.53. The fraction of sp³-hybridized carbons (Fsp3) is 0.565. The van der Waals surface area contributed by atoms with Gasteiger partial charge in [0.2, 0.25) is 10.0 Å². The van der Waals surface area contributed by atoms with Gasteiger partial charge in [-0.1, -0.05) is 6.42 Å². The molecule has 4 heterocycles. The molecule has 5 rings (SSSR count). The predicted octanol–water partition coefficient (Wildman–Crippen LogP) is 5.13. The van der Waals surface area contributed by atoms with Crippen molar-refractivity contribution in [3.63, 3.8) is 0 Å². The second kappa shape index (κ2) is 8.54. The first-order valence-corrected chi connectivity index (χ1v) is 13.1. The number of aromatic amines is 1. The number of H-pyrrole nitrogens is 1. The molecule has 0 radical (unpaired) electrons. The van der Waals surface area contributed by atoms with Crippen molar-refractivity contribution in [3.8, 4) is 0 Å². The van der Waals surface area contributed by atoms with Gasteiger partial charge in [-0.3, -0.25) is 4.98 Å². The first-order chi connectivity index (χ1) is 15.7. The molecule has 3 aromatic heterocycles. The van der Waals surface area contributed by atoms with Gasteiger partial charge < -0.3 is 4.98 Å². The van der Waals surface area contributed by atoms with Crippen molar-refractivity contribution < 1.29 is 21.6 Å². The van der Waals surface area contributed by atoms with Crippen LogP contribution in [0.4, 0.5) is 13.2 Å². The van der Waals surface area contributed by atoms with Gasteiger partial charge in [0.15, 0.2) is 0 Å². The number of aromatic nitrogens is 3. The summed E-state index contributed by atoms with van der Waals surface area (Å²) in [6.45, 7) is -0.0392. The van der Waals surface area contributed by atoms with Crippen molar-refractivity contribution in [2.24, 2.45) is 5.92 Å². The standard InChI is InChI=1S/C23H27F3N4O2S/c24-23(25,26)19-3-1-2-12-30(19)33(31,32)14-15-4-6-16(7-5-15)21-20-17(8-10-27-21)13-29-22-18(20)9-11-28-22/h8-11,13,15-16,19H,1-7,12,14H2,(H,28,29). The van der Waals surface area contributed by atoms with E-state index in [1.165, 1.54) is 0 Å². The Labute approximate surface area is 190 Å². The van der Waals surface area contributed by atoms with E-state index in [1.54, 1.807) is 6.20 Å². The number of alkyl halides is 3. The van der Waals surface area contributed by atoms with Crippen LogP contribution in [-0.4, -0.2) is 52.2 Å². The Morgan fingerprint density at radius 1 is 1.06 bits per heavy atom. The number of nitrogens with one attached hydrogen (secondary N) is 1. The molecule has 3 aromatic rings. The number of fused-ring (bicyclic) bond motifs is 3. The van der Waals surface area contributed by atoms with E-state index < -0.39 is 22.2 Å². The van der Waals surface area contributed by atoms with E-state index in [4.69, 9.17) is 0 Å². The molecule has 1 unspecified atom stereocenters. The zero-order chi connectivity index (χ0) is 23.2. The van der Waals surface area contributed by atoms with E-state index in [2.05, 4.69) is 15.0 Å². The summed E-state index contributed by atoms with van der Waals surface area (Å²) in [7, 11) is -3.97. The van der Waals surface area contributed by atoms with Gasteiger partial charge in [0, 0.05) is 47.2 Å². The third-order valence-electron chi connectivity index (χ3n) is 7.21. The number of piperidine rings is 1. The van der Waals surface area contributed by atoms with Gasteiger partial charge in [-0.05, 0) is 56.6 Å². The lowest BCUT2D eigenvalue weighted by molar-refractivity contribution is -0.177. The van der Waals surface area contributed by atoms with E-state index in [9.17, 15) is 21.6 Å². The summed E-state index contributed by atoms with van der Waals surface area (Å²) in [5.74, 6) is -0.154. The minimum absolute atomic E-state index is 0.0392. The van der Waals surface area contributed by atoms with Gasteiger partial charge in [0.25, 0.3) is 0 Å². The van der Waals surface area contributed by atoms with Crippen molar-refractivity contribution in [1.82, 2.24) is 19.3 Å². The van der Waals surface area contributed by atoms with E-state index >= 15 is 0 Å². The SMILES string of the molecule is O=S(=O)(CC1CCC(c2nccc3cnc4[nH]ccc4c23)CC1)N1CCCCC1C(F)(F)F. The molecule has 1 N–H and O–H groups in total. The van der Waals surface area contributed by atoms with Gasteiger partial charge in [-0.15, -0.1) is 0 Å². The molecule has 0 aromatic carbocycles. The molecule has 10 heteroatoms. The molecule has 1 aliphatic carbocycles. The molecule has 33 heavy (non-hydrogen) atoms. The van der Waals surface area contributed by atoms with Crippen LogP contribution in [0.15, 0.2) is 30.7 Å². The summed E-state index contributed by atoms with van der Waals surface area (Å²) in [5, 5.41) is 3.10. The number of nitrogens with zero attached hydrogens (tertiary/aromatic N) is 3. The molecule has 178 valence electrons. The summed E-state index contributed by atoms with van der Waals surface area (Å²) >= 11 is 0. The maximum Gasteiger partial charge on any atom is 0.405 e. The highest BCUT2D eigenvalue weighted by Crippen LogP contribution is 2.41. The number of pyridine rings is 2. The van der Waals surface area contributed by atoms with Crippen LogP contribution in [0.2, 0.25) is 0 Å². The minimum atomic E-state index is -4.52. The smallest absolute Gasteiger partial charge is 0.346 e. The highest BCUT2D eigenvalue weighted by molar-refractivity contribution is 7.89. The quantitative estimate of drug-likeness (QED) is 0.561. The van der Waals surface area contributed by atoms with E-state index in [-0.39, 0.29) is 30.6 Å². The van der Waals surface area contributed by atoms with Crippen molar-refractivity contribution in [2.45, 2.75) is 63.1 Å². The van der Waals surface area contributed by atoms with Crippen LogP contribution in [-0.2, 0) is 10.0 Å². The van der Waals surface area contributed by atoms with Crippen LogP contribution in [0.3, 0.4) is 0 Å². The van der Waals surface area contributed by atoms with E-state index in [0.29, 0.717) is 25.7 Å². The van der Waals surface area contributed by atoms with Crippen LogP contribution in [0.25, 0.3) is 21.8 Å². The molecule has 1 aliphatic heterocycles. The van der Waals surface area contributed by atoms with Gasteiger partial charge in [-0.25, -0.2) is 13.4 Å². The van der Waals surface area contributed by atoms with Crippen LogP contribution < -0.4 is 0 Å². The molecule has 1 saturated heterocycles. The second-order valence-electron chi connectivity index (χ2n) is 9.32. The van der Waals surface area contributed by atoms with Crippen LogP contribution in [0, 0.1) is 5.92 Å². The molecule has 2 aliphatic rings.